The van der Waals surface area contributed by atoms with Gasteiger partial charge in [0, 0.05) is 33.1 Å². The third-order valence-electron chi connectivity index (χ3n) is 13.7. The van der Waals surface area contributed by atoms with E-state index in [0.29, 0.717) is 0 Å². The Morgan fingerprint density at radius 3 is 1.62 bits per heavy atom. The van der Waals surface area contributed by atoms with Gasteiger partial charge in [-0.05, 0) is 126 Å². The molecule has 0 aliphatic rings. The van der Waals surface area contributed by atoms with Gasteiger partial charge in [0.1, 0.15) is 11.2 Å². The van der Waals surface area contributed by atoms with Crippen LogP contribution in [0.3, 0.4) is 0 Å². The van der Waals surface area contributed by atoms with Gasteiger partial charge in [-0.2, -0.15) is 0 Å². The molecule has 0 saturated carbocycles. The number of hydrogen-bond acceptors (Lipinski definition) is 2. The zero-order chi connectivity index (χ0) is 45.0. The number of benzene rings is 12. The second-order valence-electron chi connectivity index (χ2n) is 17.6. The van der Waals surface area contributed by atoms with Crippen molar-refractivity contribution in [2.24, 2.45) is 0 Å². The lowest BCUT2D eigenvalue weighted by molar-refractivity contribution is 0.673. The molecular weight excluding hydrogens is 823 g/mol. The Bertz CT molecular complexity index is 4020. The van der Waals surface area contributed by atoms with Crippen molar-refractivity contribution in [1.29, 1.82) is 0 Å². The molecule has 0 atom stereocenters. The van der Waals surface area contributed by atoms with Gasteiger partial charge in [-0.25, -0.2) is 0 Å². The Balaban J connectivity index is 1.02. The maximum Gasteiger partial charge on any atom is 0.143 e. The molecule has 0 unspecified atom stereocenters. The van der Waals surface area contributed by atoms with Gasteiger partial charge in [-0.3, -0.25) is 0 Å². The SMILES string of the molecule is c1ccc(-c2cccc(-c3ccc(N(c4cccc(-c5cccc6oc7c8ccccc8ccc7c56)c4)c4cc(-c5cccc6c5ccc5ccccc56)ccc4-c4ccccc4)cc3)c2)cc1. The van der Waals surface area contributed by atoms with Gasteiger partial charge in [0.15, 0.2) is 0 Å². The maximum atomic E-state index is 6.69. The molecule has 1 aromatic heterocycles. The molecule has 0 aliphatic carbocycles. The molecule has 0 saturated heterocycles. The second kappa shape index (κ2) is 16.5. The van der Waals surface area contributed by atoms with Gasteiger partial charge in [-0.15, -0.1) is 0 Å². The summed E-state index contributed by atoms with van der Waals surface area (Å²) in [5.74, 6) is 0. The molecule has 2 nitrogen and oxygen atoms in total. The highest BCUT2D eigenvalue weighted by Crippen LogP contribution is 2.47. The van der Waals surface area contributed by atoms with Gasteiger partial charge < -0.3 is 9.32 Å². The molecule has 2 heteroatoms. The Kier molecular flexibility index (Phi) is 9.54. The average molecular weight is 866 g/mol. The third-order valence-corrected chi connectivity index (χ3v) is 13.7. The lowest BCUT2D eigenvalue weighted by atomic mass is 9.92. The van der Waals surface area contributed by atoms with Gasteiger partial charge >= 0.3 is 0 Å². The summed E-state index contributed by atoms with van der Waals surface area (Å²) >= 11 is 0. The lowest BCUT2D eigenvalue weighted by Gasteiger charge is -2.29. The van der Waals surface area contributed by atoms with Crippen molar-refractivity contribution in [3.05, 3.63) is 261 Å². The maximum absolute atomic E-state index is 6.69. The molecule has 318 valence electrons. The largest absolute Gasteiger partial charge is 0.455 e. The molecule has 0 bridgehead atoms. The normalized spacial score (nSPS) is 11.5. The van der Waals surface area contributed by atoms with E-state index in [9.17, 15) is 0 Å². The summed E-state index contributed by atoms with van der Waals surface area (Å²) < 4.78 is 6.69. The van der Waals surface area contributed by atoms with Crippen molar-refractivity contribution < 1.29 is 4.42 Å². The van der Waals surface area contributed by atoms with E-state index in [1.165, 1.54) is 49.2 Å². The van der Waals surface area contributed by atoms with E-state index in [1.54, 1.807) is 0 Å². The first-order valence-corrected chi connectivity index (χ1v) is 23.3. The number of nitrogens with zero attached hydrogens (tertiary/aromatic N) is 1. The summed E-state index contributed by atoms with van der Waals surface area (Å²) in [5.41, 5.74) is 16.6. The van der Waals surface area contributed by atoms with Crippen molar-refractivity contribution in [2.45, 2.75) is 0 Å². The highest BCUT2D eigenvalue weighted by molar-refractivity contribution is 6.19. The topological polar surface area (TPSA) is 16.4 Å². The number of rotatable bonds is 8. The minimum atomic E-state index is 0.880. The van der Waals surface area contributed by atoms with Crippen LogP contribution >= 0.6 is 0 Å². The zero-order valence-electron chi connectivity index (χ0n) is 37.2. The van der Waals surface area contributed by atoms with E-state index in [0.717, 1.165) is 77.8 Å². The molecule has 68 heavy (non-hydrogen) atoms. The number of hydrogen-bond donors (Lipinski definition) is 0. The van der Waals surface area contributed by atoms with E-state index >= 15 is 0 Å². The van der Waals surface area contributed by atoms with Gasteiger partial charge in [0.2, 0.25) is 0 Å². The molecule has 13 aromatic rings. The summed E-state index contributed by atoms with van der Waals surface area (Å²) in [7, 11) is 0. The zero-order valence-corrected chi connectivity index (χ0v) is 37.2. The molecule has 0 fully saturated rings. The van der Waals surface area contributed by atoms with Crippen molar-refractivity contribution >= 4 is 71.3 Å². The van der Waals surface area contributed by atoms with E-state index in [-0.39, 0.29) is 0 Å². The fourth-order valence-electron chi connectivity index (χ4n) is 10.4. The van der Waals surface area contributed by atoms with Crippen LogP contribution in [0.4, 0.5) is 17.1 Å². The highest BCUT2D eigenvalue weighted by Gasteiger charge is 2.22. The summed E-state index contributed by atoms with van der Waals surface area (Å²) in [6, 6.07) is 94.6. The quantitative estimate of drug-likeness (QED) is 0.142. The first-order chi connectivity index (χ1) is 33.7. The first-order valence-electron chi connectivity index (χ1n) is 23.3. The van der Waals surface area contributed by atoms with Crippen molar-refractivity contribution in [3.63, 3.8) is 0 Å². The van der Waals surface area contributed by atoms with Crippen LogP contribution < -0.4 is 4.90 Å². The van der Waals surface area contributed by atoms with E-state index < -0.39 is 0 Å². The standard InChI is InChI=1S/C66H43NO/c1-3-15-44(16-4-1)49-21-11-22-50(41-49)45-31-36-53(37-32-45)67(54-24-12-23-51(42-54)58-28-14-30-64-65(58)62-40-34-48-20-8-10-26-59(48)66(62)68-64)63-43-52(35-38-57(63)46-17-5-2-6-18-46)56-27-13-29-60-55-25-9-7-19-47(55)33-39-61(56)60/h1-43H. The van der Waals surface area contributed by atoms with Crippen molar-refractivity contribution in [3.8, 4) is 55.6 Å². The predicted molar refractivity (Wildman–Crippen MR) is 288 cm³/mol. The molecule has 0 radical (unpaired) electrons. The fourth-order valence-corrected chi connectivity index (χ4v) is 10.4. The fraction of sp³-hybridized carbons (Fsp3) is 0. The highest BCUT2D eigenvalue weighted by atomic mass is 16.3. The molecule has 0 spiro atoms. The molecule has 0 aliphatic heterocycles. The van der Waals surface area contributed by atoms with Crippen LogP contribution in [0.5, 0.6) is 0 Å². The van der Waals surface area contributed by atoms with Crippen LogP contribution in [0.25, 0.3) is 110 Å². The summed E-state index contributed by atoms with van der Waals surface area (Å²) in [5, 5.41) is 9.50. The van der Waals surface area contributed by atoms with Gasteiger partial charge in [0.05, 0.1) is 5.69 Å². The Morgan fingerprint density at radius 2 is 0.824 bits per heavy atom. The molecule has 0 N–H and O–H groups in total. The summed E-state index contributed by atoms with van der Waals surface area (Å²) in [6.45, 7) is 0. The van der Waals surface area contributed by atoms with Crippen molar-refractivity contribution in [1.82, 2.24) is 0 Å². The lowest BCUT2D eigenvalue weighted by Crippen LogP contribution is -2.11. The monoisotopic (exact) mass is 865 g/mol. The average Bonchev–Trinajstić information content (AvgIpc) is 3.81. The smallest absolute Gasteiger partial charge is 0.143 e. The van der Waals surface area contributed by atoms with Crippen LogP contribution in [0, 0.1) is 0 Å². The summed E-state index contributed by atoms with van der Waals surface area (Å²) in [4.78, 5) is 2.45. The summed E-state index contributed by atoms with van der Waals surface area (Å²) in [6.07, 6.45) is 0. The van der Waals surface area contributed by atoms with Crippen LogP contribution in [-0.2, 0) is 0 Å². The molecule has 13 rings (SSSR count). The minimum Gasteiger partial charge on any atom is -0.455 e. The van der Waals surface area contributed by atoms with Gasteiger partial charge in [-0.1, -0.05) is 212 Å². The third kappa shape index (κ3) is 6.82. The van der Waals surface area contributed by atoms with Gasteiger partial charge in [0.25, 0.3) is 0 Å². The van der Waals surface area contributed by atoms with Crippen LogP contribution in [0.1, 0.15) is 0 Å². The van der Waals surface area contributed by atoms with Crippen LogP contribution in [0.15, 0.2) is 265 Å². The number of furan rings is 1. The number of anilines is 3. The van der Waals surface area contributed by atoms with E-state index in [4.69, 9.17) is 4.42 Å². The Hall–Kier alpha value is -8.98. The second-order valence-corrected chi connectivity index (χ2v) is 17.6. The minimum absolute atomic E-state index is 0.880. The molecule has 12 aromatic carbocycles. The van der Waals surface area contributed by atoms with E-state index in [1.807, 2.05) is 0 Å². The predicted octanol–water partition coefficient (Wildman–Crippen LogP) is 18.9. The number of fused-ring (bicyclic) bond motifs is 8. The molecule has 1 heterocycles. The van der Waals surface area contributed by atoms with Crippen LogP contribution in [0.2, 0.25) is 0 Å². The van der Waals surface area contributed by atoms with Crippen LogP contribution in [-0.4, -0.2) is 0 Å². The Labute approximate surface area is 395 Å². The van der Waals surface area contributed by atoms with E-state index in [2.05, 4.69) is 266 Å². The molecule has 0 amide bonds. The molecular formula is C66H43NO. The first kappa shape index (κ1) is 39.4. The Morgan fingerprint density at radius 1 is 0.265 bits per heavy atom. The van der Waals surface area contributed by atoms with Crippen molar-refractivity contribution in [2.75, 3.05) is 4.90 Å².